The molecule has 0 spiro atoms. The topological polar surface area (TPSA) is 85.8 Å². The first-order valence-corrected chi connectivity index (χ1v) is 8.07. The van der Waals surface area contributed by atoms with Crippen molar-refractivity contribution in [3.8, 4) is 5.69 Å². The molecule has 0 radical (unpaired) electrons. The smallest absolute Gasteiger partial charge is 0.262 e. The van der Waals surface area contributed by atoms with Crippen molar-refractivity contribution in [3.05, 3.63) is 63.2 Å². The van der Waals surface area contributed by atoms with E-state index in [-0.39, 0.29) is 17.2 Å². The highest BCUT2D eigenvalue weighted by atomic mass is 127. The van der Waals surface area contributed by atoms with Gasteiger partial charge in [0.1, 0.15) is 23.0 Å². The van der Waals surface area contributed by atoms with Crippen LogP contribution in [0.25, 0.3) is 5.69 Å². The van der Waals surface area contributed by atoms with Gasteiger partial charge in [-0.3, -0.25) is 4.79 Å². The zero-order valence-corrected chi connectivity index (χ0v) is 14.8. The molecule has 0 atom stereocenters. The van der Waals surface area contributed by atoms with Crippen LogP contribution < -0.4 is 11.1 Å². The number of pyridine rings is 1. The van der Waals surface area contributed by atoms with E-state index >= 15 is 0 Å². The number of hydrogen-bond donors (Lipinski definition) is 2. The van der Waals surface area contributed by atoms with E-state index in [2.05, 4.69) is 38.0 Å². The average Bonchev–Trinajstić information content (AvgIpc) is 2.94. The third kappa shape index (κ3) is 3.09. The molecule has 3 N–H and O–H groups in total. The van der Waals surface area contributed by atoms with Crippen molar-refractivity contribution in [2.75, 3.05) is 11.1 Å². The summed E-state index contributed by atoms with van der Waals surface area (Å²) in [6.07, 6.45) is 2.99. The van der Waals surface area contributed by atoms with Crippen LogP contribution in [0.3, 0.4) is 0 Å². The molecule has 2 heterocycles. The second-order valence-corrected chi connectivity index (χ2v) is 6.30. The van der Waals surface area contributed by atoms with Gasteiger partial charge < -0.3 is 11.1 Å². The van der Waals surface area contributed by atoms with Crippen molar-refractivity contribution < 1.29 is 9.18 Å². The van der Waals surface area contributed by atoms with Crippen molar-refractivity contribution in [1.82, 2.24) is 14.8 Å². The number of rotatable bonds is 3. The largest absolute Gasteiger partial charge is 0.383 e. The Bertz CT molecular complexity index is 907. The highest BCUT2D eigenvalue weighted by Crippen LogP contribution is 2.22. The Labute approximate surface area is 151 Å². The normalized spacial score (nSPS) is 10.6. The predicted octanol–water partition coefficient (Wildman–Crippen LogP) is 3.15. The van der Waals surface area contributed by atoms with E-state index in [1.54, 1.807) is 31.3 Å². The molecule has 0 saturated carbocycles. The Morgan fingerprint density at radius 3 is 2.79 bits per heavy atom. The molecule has 0 fully saturated rings. The summed E-state index contributed by atoms with van der Waals surface area (Å²) in [5.41, 5.74) is 7.11. The third-order valence-corrected chi connectivity index (χ3v) is 4.13. The van der Waals surface area contributed by atoms with Crippen molar-refractivity contribution in [3.63, 3.8) is 0 Å². The molecule has 0 aliphatic heterocycles. The van der Waals surface area contributed by atoms with Gasteiger partial charge in [-0.25, -0.2) is 14.1 Å². The molecule has 1 aromatic carbocycles. The number of benzene rings is 1. The second kappa shape index (κ2) is 6.56. The minimum Gasteiger partial charge on any atom is -0.383 e. The van der Waals surface area contributed by atoms with Crippen LogP contribution >= 0.6 is 22.6 Å². The molecular formula is C16H13FIN5O. The molecule has 8 heteroatoms. The Hall–Kier alpha value is -2.49. The zero-order chi connectivity index (χ0) is 17.3. The molecule has 2 aromatic heterocycles. The standard InChI is InChI=1S/C16H13FIN5O/c1-9-12(17)3-2-4-13(9)23-15(19)11(8-21-23)16(24)22-14-6-5-10(18)7-20-14/h2-8H,19H2,1H3,(H,20,22,24). The lowest BCUT2D eigenvalue weighted by molar-refractivity contribution is 0.102. The molecule has 3 rings (SSSR count). The quantitative estimate of drug-likeness (QED) is 0.617. The Balaban J connectivity index is 1.91. The lowest BCUT2D eigenvalue weighted by Crippen LogP contribution is -2.15. The van der Waals surface area contributed by atoms with E-state index in [9.17, 15) is 9.18 Å². The summed E-state index contributed by atoms with van der Waals surface area (Å²) in [5.74, 6) is -0.251. The fraction of sp³-hybridized carbons (Fsp3) is 0.0625. The fourth-order valence-electron chi connectivity index (χ4n) is 2.18. The van der Waals surface area contributed by atoms with E-state index in [0.717, 1.165) is 3.57 Å². The first-order valence-electron chi connectivity index (χ1n) is 6.99. The molecule has 0 aliphatic carbocycles. The first-order chi connectivity index (χ1) is 11.5. The Kier molecular flexibility index (Phi) is 4.47. The van der Waals surface area contributed by atoms with Crippen LogP contribution in [0.5, 0.6) is 0 Å². The van der Waals surface area contributed by atoms with E-state index in [1.165, 1.54) is 16.9 Å². The summed E-state index contributed by atoms with van der Waals surface area (Å²) >= 11 is 2.12. The van der Waals surface area contributed by atoms with Gasteiger partial charge in [0, 0.05) is 15.3 Å². The first kappa shape index (κ1) is 16.4. The third-order valence-electron chi connectivity index (χ3n) is 3.49. The van der Waals surface area contributed by atoms with Gasteiger partial charge in [0.2, 0.25) is 0 Å². The molecule has 0 bridgehead atoms. The number of halogens is 2. The van der Waals surface area contributed by atoms with E-state index in [1.807, 2.05) is 6.07 Å². The number of carbonyl (C=O) groups is 1. The van der Waals surface area contributed by atoms with E-state index < -0.39 is 5.91 Å². The van der Waals surface area contributed by atoms with Gasteiger partial charge >= 0.3 is 0 Å². The summed E-state index contributed by atoms with van der Waals surface area (Å²) in [4.78, 5) is 16.5. The number of carbonyl (C=O) groups excluding carboxylic acids is 1. The lowest BCUT2D eigenvalue weighted by Gasteiger charge is -2.09. The molecule has 6 nitrogen and oxygen atoms in total. The Morgan fingerprint density at radius 1 is 1.29 bits per heavy atom. The van der Waals surface area contributed by atoms with Gasteiger partial charge in [0.05, 0.1) is 11.9 Å². The molecule has 0 aliphatic rings. The van der Waals surface area contributed by atoms with Gasteiger partial charge in [-0.1, -0.05) is 6.07 Å². The van der Waals surface area contributed by atoms with Crippen molar-refractivity contribution >= 4 is 40.1 Å². The maximum Gasteiger partial charge on any atom is 0.262 e. The number of amides is 1. The number of hydrogen-bond acceptors (Lipinski definition) is 4. The average molecular weight is 437 g/mol. The van der Waals surface area contributed by atoms with Crippen molar-refractivity contribution in [2.24, 2.45) is 0 Å². The molecule has 3 aromatic rings. The second-order valence-electron chi connectivity index (χ2n) is 5.06. The maximum atomic E-state index is 13.7. The monoisotopic (exact) mass is 437 g/mol. The number of nitrogen functional groups attached to an aromatic ring is 1. The molecule has 24 heavy (non-hydrogen) atoms. The number of anilines is 2. The van der Waals surface area contributed by atoms with Crippen LogP contribution in [-0.2, 0) is 0 Å². The van der Waals surface area contributed by atoms with Gasteiger partial charge in [0.25, 0.3) is 5.91 Å². The van der Waals surface area contributed by atoms with Crippen molar-refractivity contribution in [1.29, 1.82) is 0 Å². The number of nitrogens with two attached hydrogens (primary N) is 1. The van der Waals surface area contributed by atoms with Gasteiger partial charge in [-0.05, 0) is 53.8 Å². The van der Waals surface area contributed by atoms with Crippen LogP contribution in [-0.4, -0.2) is 20.7 Å². The molecular weight excluding hydrogens is 424 g/mol. The SMILES string of the molecule is Cc1c(F)cccc1-n1ncc(C(=O)Nc2ccc(I)cn2)c1N. The maximum absolute atomic E-state index is 13.7. The zero-order valence-electron chi connectivity index (χ0n) is 12.6. The Morgan fingerprint density at radius 2 is 2.08 bits per heavy atom. The minimum absolute atomic E-state index is 0.131. The van der Waals surface area contributed by atoms with Crippen LogP contribution in [0.1, 0.15) is 15.9 Å². The van der Waals surface area contributed by atoms with Crippen molar-refractivity contribution in [2.45, 2.75) is 6.92 Å². The van der Waals surface area contributed by atoms with Crippen LogP contribution in [0.4, 0.5) is 16.0 Å². The summed E-state index contributed by atoms with van der Waals surface area (Å²) < 4.78 is 16.0. The summed E-state index contributed by atoms with van der Waals surface area (Å²) in [6, 6.07) is 8.12. The number of nitrogens with one attached hydrogen (secondary N) is 1. The van der Waals surface area contributed by atoms with Crippen LogP contribution in [0, 0.1) is 16.3 Å². The van der Waals surface area contributed by atoms with Gasteiger partial charge in [-0.15, -0.1) is 0 Å². The molecule has 122 valence electrons. The van der Waals surface area contributed by atoms with Gasteiger partial charge in [-0.2, -0.15) is 5.10 Å². The summed E-state index contributed by atoms with van der Waals surface area (Å²) in [7, 11) is 0. The number of aromatic nitrogens is 3. The van der Waals surface area contributed by atoms with E-state index in [0.29, 0.717) is 17.1 Å². The van der Waals surface area contributed by atoms with E-state index in [4.69, 9.17) is 5.73 Å². The minimum atomic E-state index is -0.429. The van der Waals surface area contributed by atoms with Crippen LogP contribution in [0.15, 0.2) is 42.7 Å². The predicted molar refractivity (Wildman–Crippen MR) is 97.6 cm³/mol. The fourth-order valence-corrected chi connectivity index (χ4v) is 2.50. The number of nitrogens with zero attached hydrogens (tertiary/aromatic N) is 3. The van der Waals surface area contributed by atoms with Crippen LogP contribution in [0.2, 0.25) is 0 Å². The van der Waals surface area contributed by atoms with Gasteiger partial charge in [0.15, 0.2) is 0 Å². The highest BCUT2D eigenvalue weighted by molar-refractivity contribution is 14.1. The molecule has 0 unspecified atom stereocenters. The lowest BCUT2D eigenvalue weighted by atomic mass is 10.2. The molecule has 1 amide bonds. The summed E-state index contributed by atoms with van der Waals surface area (Å²) in [5, 5.41) is 6.76. The summed E-state index contributed by atoms with van der Waals surface area (Å²) in [6.45, 7) is 1.63. The highest BCUT2D eigenvalue weighted by Gasteiger charge is 2.18. The molecule has 0 saturated heterocycles.